The minimum Gasteiger partial charge on any atom is -0.480 e. The summed E-state index contributed by atoms with van der Waals surface area (Å²) in [6.45, 7) is 0.672. The van der Waals surface area contributed by atoms with Crippen LogP contribution in [0.3, 0.4) is 0 Å². The van der Waals surface area contributed by atoms with Crippen LogP contribution in [0.2, 0.25) is 0 Å². The van der Waals surface area contributed by atoms with Crippen molar-refractivity contribution >= 4 is 35.5 Å². The Morgan fingerprint density at radius 2 is 1.97 bits per heavy atom. The molecule has 1 fully saturated rings. The third-order valence-corrected chi connectivity index (χ3v) is 5.46. The maximum atomic E-state index is 12.5. The average molecular weight is 432 g/mol. The monoisotopic (exact) mass is 431 g/mol. The van der Waals surface area contributed by atoms with E-state index in [0.29, 0.717) is 44.5 Å². The van der Waals surface area contributed by atoms with Gasteiger partial charge in [-0.1, -0.05) is 6.42 Å². The van der Waals surface area contributed by atoms with E-state index < -0.39 is 35.9 Å². The molecule has 166 valence electrons. The number of hydrogen-bond acceptors (Lipinski definition) is 7. The number of unbranched alkanes of at least 4 members (excludes halogenated alkanes) is 1. The van der Waals surface area contributed by atoms with Gasteiger partial charge >= 0.3 is 5.97 Å². The van der Waals surface area contributed by atoms with Gasteiger partial charge < -0.3 is 32.1 Å². The first-order valence-electron chi connectivity index (χ1n) is 9.86. The Kier molecular flexibility index (Phi) is 11.6. The molecular formula is C18H33N5O5S. The van der Waals surface area contributed by atoms with Gasteiger partial charge in [0.25, 0.3) is 0 Å². The molecule has 3 amide bonds. The first kappa shape index (κ1) is 25.2. The molecule has 3 atom stereocenters. The fourth-order valence-electron chi connectivity index (χ4n) is 3.13. The van der Waals surface area contributed by atoms with Crippen molar-refractivity contribution < 1.29 is 24.3 Å². The zero-order valence-corrected chi connectivity index (χ0v) is 17.7. The summed E-state index contributed by atoms with van der Waals surface area (Å²) in [5.41, 5.74) is 11.2. The van der Waals surface area contributed by atoms with Crippen LogP contribution in [0.4, 0.5) is 0 Å². The second-order valence-corrected chi connectivity index (χ2v) is 8.02. The molecule has 10 nitrogen and oxygen atoms in total. The fraction of sp³-hybridized carbons (Fsp3) is 0.778. The largest absolute Gasteiger partial charge is 0.480 e. The number of hydrogen-bond donors (Lipinski definition) is 5. The number of nitrogens with zero attached hydrogens (tertiary/aromatic N) is 1. The van der Waals surface area contributed by atoms with E-state index in [2.05, 4.69) is 10.6 Å². The van der Waals surface area contributed by atoms with Crippen molar-refractivity contribution in [3.8, 4) is 0 Å². The Bertz CT molecular complexity index is 577. The molecule has 0 aromatic rings. The van der Waals surface area contributed by atoms with Crippen LogP contribution in [0.15, 0.2) is 0 Å². The van der Waals surface area contributed by atoms with Gasteiger partial charge in [-0.25, -0.2) is 4.79 Å². The number of thioether (sulfide) groups is 1. The van der Waals surface area contributed by atoms with Crippen molar-refractivity contribution in [2.45, 2.75) is 56.7 Å². The molecule has 1 saturated heterocycles. The third-order valence-electron chi connectivity index (χ3n) is 4.82. The summed E-state index contributed by atoms with van der Waals surface area (Å²) >= 11 is 1.49. The van der Waals surface area contributed by atoms with Crippen LogP contribution in [0, 0.1) is 0 Å². The lowest BCUT2D eigenvalue weighted by Gasteiger charge is -2.26. The Labute approximate surface area is 175 Å². The first-order valence-corrected chi connectivity index (χ1v) is 11.3. The molecule has 0 aromatic carbocycles. The summed E-state index contributed by atoms with van der Waals surface area (Å²) in [6.07, 6.45) is 5.25. The Balaban J connectivity index is 2.55. The molecule has 11 heteroatoms. The van der Waals surface area contributed by atoms with E-state index in [4.69, 9.17) is 11.5 Å². The quantitative estimate of drug-likeness (QED) is 0.228. The SMILES string of the molecule is CSCCC(NC(=O)C1CCCN1C(=O)CNC(=O)C(N)CCCCN)C(=O)O. The van der Waals surface area contributed by atoms with Crippen LogP contribution in [0.1, 0.15) is 38.5 Å². The lowest BCUT2D eigenvalue weighted by atomic mass is 10.1. The number of carbonyl (C=O) groups excluding carboxylic acids is 3. The Hall–Kier alpha value is -1.85. The van der Waals surface area contributed by atoms with Crippen molar-refractivity contribution in [3.63, 3.8) is 0 Å². The highest BCUT2D eigenvalue weighted by atomic mass is 32.2. The molecule has 1 heterocycles. The van der Waals surface area contributed by atoms with Crippen molar-refractivity contribution in [3.05, 3.63) is 0 Å². The highest BCUT2D eigenvalue weighted by molar-refractivity contribution is 7.98. The molecule has 0 radical (unpaired) electrons. The predicted octanol–water partition coefficient (Wildman–Crippen LogP) is -1.13. The van der Waals surface area contributed by atoms with Gasteiger partial charge in [0.15, 0.2) is 0 Å². The van der Waals surface area contributed by atoms with Gasteiger partial charge in [-0.15, -0.1) is 0 Å². The molecule has 29 heavy (non-hydrogen) atoms. The Morgan fingerprint density at radius 1 is 1.24 bits per heavy atom. The lowest BCUT2D eigenvalue weighted by Crippen LogP contribution is -2.53. The van der Waals surface area contributed by atoms with E-state index >= 15 is 0 Å². The molecular weight excluding hydrogens is 398 g/mol. The van der Waals surface area contributed by atoms with Gasteiger partial charge in [0, 0.05) is 6.54 Å². The number of aliphatic carboxylic acids is 1. The van der Waals surface area contributed by atoms with E-state index in [1.54, 1.807) is 0 Å². The average Bonchev–Trinajstić information content (AvgIpc) is 3.18. The van der Waals surface area contributed by atoms with Crippen molar-refractivity contribution in [2.75, 3.05) is 31.6 Å². The molecule has 0 saturated carbocycles. The van der Waals surface area contributed by atoms with Crippen LogP contribution in [0.5, 0.6) is 0 Å². The van der Waals surface area contributed by atoms with Crippen LogP contribution in [-0.2, 0) is 19.2 Å². The highest BCUT2D eigenvalue weighted by Crippen LogP contribution is 2.18. The van der Waals surface area contributed by atoms with Crippen LogP contribution >= 0.6 is 11.8 Å². The molecule has 0 spiro atoms. The van der Waals surface area contributed by atoms with E-state index in [1.165, 1.54) is 16.7 Å². The summed E-state index contributed by atoms with van der Waals surface area (Å²) in [6, 6.07) is -2.42. The molecule has 0 bridgehead atoms. The number of carbonyl (C=O) groups is 4. The summed E-state index contributed by atoms with van der Waals surface area (Å²) < 4.78 is 0. The molecule has 7 N–H and O–H groups in total. The van der Waals surface area contributed by atoms with Gasteiger partial charge in [0.1, 0.15) is 12.1 Å². The van der Waals surface area contributed by atoms with Crippen LogP contribution in [-0.4, -0.2) is 83.5 Å². The van der Waals surface area contributed by atoms with Gasteiger partial charge in [-0.3, -0.25) is 14.4 Å². The molecule has 0 aliphatic carbocycles. The zero-order chi connectivity index (χ0) is 21.8. The molecule has 1 rings (SSSR count). The third kappa shape index (κ3) is 8.58. The molecule has 1 aliphatic rings. The topological polar surface area (TPSA) is 168 Å². The summed E-state index contributed by atoms with van der Waals surface area (Å²) in [7, 11) is 0. The summed E-state index contributed by atoms with van der Waals surface area (Å²) in [5.74, 6) is -1.78. The zero-order valence-electron chi connectivity index (χ0n) is 16.9. The van der Waals surface area contributed by atoms with Crippen molar-refractivity contribution in [1.29, 1.82) is 0 Å². The number of nitrogens with one attached hydrogen (secondary N) is 2. The predicted molar refractivity (Wildman–Crippen MR) is 111 cm³/mol. The Morgan fingerprint density at radius 3 is 2.59 bits per heavy atom. The van der Waals surface area contributed by atoms with Gasteiger partial charge in [0.05, 0.1) is 12.6 Å². The van der Waals surface area contributed by atoms with Crippen molar-refractivity contribution in [1.82, 2.24) is 15.5 Å². The van der Waals surface area contributed by atoms with Gasteiger partial charge in [-0.2, -0.15) is 11.8 Å². The highest BCUT2D eigenvalue weighted by Gasteiger charge is 2.35. The van der Waals surface area contributed by atoms with Gasteiger partial charge in [-0.05, 0) is 50.7 Å². The number of amides is 3. The summed E-state index contributed by atoms with van der Waals surface area (Å²) in [4.78, 5) is 49.8. The molecule has 3 unspecified atom stereocenters. The fourth-order valence-corrected chi connectivity index (χ4v) is 3.61. The van der Waals surface area contributed by atoms with Crippen LogP contribution < -0.4 is 22.1 Å². The number of nitrogens with two attached hydrogens (primary N) is 2. The van der Waals surface area contributed by atoms with Crippen LogP contribution in [0.25, 0.3) is 0 Å². The second kappa shape index (κ2) is 13.4. The molecule has 0 aromatic heterocycles. The van der Waals surface area contributed by atoms with E-state index in [9.17, 15) is 24.3 Å². The standard InChI is InChI=1S/C18H33N5O5S/c1-29-10-7-13(18(27)28)22-17(26)14-6-4-9-23(14)15(24)11-21-16(25)12(20)5-2-3-8-19/h12-14H,2-11,19-20H2,1H3,(H,21,25)(H,22,26)(H,27,28). The smallest absolute Gasteiger partial charge is 0.326 e. The number of carboxylic acid groups (broad SMARTS) is 1. The van der Waals surface area contributed by atoms with E-state index in [1.807, 2.05) is 6.26 Å². The lowest BCUT2D eigenvalue weighted by molar-refractivity contribution is -0.144. The minimum atomic E-state index is -1.10. The second-order valence-electron chi connectivity index (χ2n) is 7.03. The van der Waals surface area contributed by atoms with Gasteiger partial charge in [0.2, 0.25) is 17.7 Å². The van der Waals surface area contributed by atoms with E-state index in [-0.39, 0.29) is 12.5 Å². The number of rotatable bonds is 13. The van der Waals surface area contributed by atoms with Crippen molar-refractivity contribution in [2.24, 2.45) is 11.5 Å². The number of carboxylic acids is 1. The maximum absolute atomic E-state index is 12.5. The van der Waals surface area contributed by atoms with E-state index in [0.717, 1.165) is 12.8 Å². The number of likely N-dealkylation sites (tertiary alicyclic amines) is 1. The normalized spacial score (nSPS) is 18.2. The molecule has 1 aliphatic heterocycles. The maximum Gasteiger partial charge on any atom is 0.326 e. The first-order chi connectivity index (χ1) is 13.8. The summed E-state index contributed by atoms with van der Waals surface area (Å²) in [5, 5.41) is 14.3. The minimum absolute atomic E-state index is 0.248.